The van der Waals surface area contributed by atoms with Gasteiger partial charge in [0.2, 0.25) is 0 Å². The lowest BCUT2D eigenvalue weighted by atomic mass is 9.59. The molecule has 0 bridgehead atoms. The zero-order valence-corrected chi connectivity index (χ0v) is 15.8. The number of ketones is 1. The standard InChI is InChI=1S/C22H31NO2/c1-14-4-6-17(24)12-16(14)5-7-18-20-9-8-19-15(2)23(3)13-22(19,20)11-10-21(18)25/h4,6,12,15,18-20,24H,5,7-11,13H2,1-3H3/t15-,18-,19+,20-,22-/m0/s1. The summed E-state index contributed by atoms with van der Waals surface area (Å²) < 4.78 is 0. The molecule has 2 aliphatic carbocycles. The van der Waals surface area contributed by atoms with Crippen LogP contribution in [0.5, 0.6) is 5.75 Å². The molecule has 25 heavy (non-hydrogen) atoms. The number of likely N-dealkylation sites (tertiary alicyclic amines) is 1. The molecule has 3 heteroatoms. The number of carbonyl (C=O) groups is 1. The number of aryl methyl sites for hydroxylation is 2. The predicted molar refractivity (Wildman–Crippen MR) is 99.6 cm³/mol. The number of phenols is 1. The van der Waals surface area contributed by atoms with Crippen LogP contribution in [0.25, 0.3) is 0 Å². The molecule has 1 heterocycles. The van der Waals surface area contributed by atoms with Crippen LogP contribution in [0, 0.1) is 30.1 Å². The van der Waals surface area contributed by atoms with E-state index in [9.17, 15) is 9.90 Å². The highest BCUT2D eigenvalue weighted by Gasteiger charge is 2.61. The van der Waals surface area contributed by atoms with Crippen molar-refractivity contribution in [2.45, 2.75) is 58.4 Å². The summed E-state index contributed by atoms with van der Waals surface area (Å²) >= 11 is 0. The van der Waals surface area contributed by atoms with Crippen molar-refractivity contribution < 1.29 is 9.90 Å². The number of aromatic hydroxyl groups is 1. The van der Waals surface area contributed by atoms with Gasteiger partial charge in [0.25, 0.3) is 0 Å². The fourth-order valence-electron chi connectivity index (χ4n) is 6.50. The highest BCUT2D eigenvalue weighted by Crippen LogP contribution is 2.62. The molecule has 0 unspecified atom stereocenters. The molecule has 0 radical (unpaired) electrons. The van der Waals surface area contributed by atoms with Gasteiger partial charge in [-0.15, -0.1) is 0 Å². The fourth-order valence-corrected chi connectivity index (χ4v) is 6.50. The van der Waals surface area contributed by atoms with Crippen LogP contribution in [-0.4, -0.2) is 35.4 Å². The lowest BCUT2D eigenvalue weighted by molar-refractivity contribution is -0.131. The van der Waals surface area contributed by atoms with E-state index in [-0.39, 0.29) is 5.92 Å². The van der Waals surface area contributed by atoms with Gasteiger partial charge in [0, 0.05) is 24.9 Å². The summed E-state index contributed by atoms with van der Waals surface area (Å²) in [5.41, 5.74) is 2.80. The largest absolute Gasteiger partial charge is 0.508 e. The van der Waals surface area contributed by atoms with Gasteiger partial charge in [-0.25, -0.2) is 0 Å². The number of carbonyl (C=O) groups excluding carboxylic acids is 1. The molecule has 1 aromatic carbocycles. The maximum Gasteiger partial charge on any atom is 0.136 e. The van der Waals surface area contributed by atoms with E-state index in [0.717, 1.165) is 31.6 Å². The molecule has 1 aliphatic heterocycles. The third kappa shape index (κ3) is 2.63. The summed E-state index contributed by atoms with van der Waals surface area (Å²) in [6, 6.07) is 6.26. The Hall–Kier alpha value is -1.35. The van der Waals surface area contributed by atoms with Crippen LogP contribution in [0.15, 0.2) is 18.2 Å². The van der Waals surface area contributed by atoms with Crippen LogP contribution in [0.3, 0.4) is 0 Å². The average Bonchev–Trinajstić information content (AvgIpc) is 3.05. The number of nitrogens with zero attached hydrogens (tertiary/aromatic N) is 1. The van der Waals surface area contributed by atoms with Crippen molar-refractivity contribution >= 4 is 5.78 Å². The molecule has 3 aliphatic rings. The summed E-state index contributed by atoms with van der Waals surface area (Å²) in [5, 5.41) is 9.78. The topological polar surface area (TPSA) is 40.5 Å². The Balaban J connectivity index is 1.55. The molecule has 1 saturated heterocycles. The second kappa shape index (κ2) is 6.12. The molecule has 3 nitrogen and oxygen atoms in total. The Morgan fingerprint density at radius 2 is 2.04 bits per heavy atom. The number of hydrogen-bond acceptors (Lipinski definition) is 3. The van der Waals surface area contributed by atoms with Gasteiger partial charge >= 0.3 is 0 Å². The third-order valence-corrected chi connectivity index (χ3v) is 7.88. The number of hydrogen-bond donors (Lipinski definition) is 1. The van der Waals surface area contributed by atoms with Gasteiger partial charge in [0.1, 0.15) is 11.5 Å². The predicted octanol–water partition coefficient (Wildman–Crippen LogP) is 3.96. The van der Waals surface area contributed by atoms with E-state index in [1.165, 1.54) is 30.5 Å². The van der Waals surface area contributed by atoms with Crippen LogP contribution in [0.2, 0.25) is 0 Å². The summed E-state index contributed by atoms with van der Waals surface area (Å²) in [5.74, 6) is 2.40. The molecular formula is C22H31NO2. The van der Waals surface area contributed by atoms with Gasteiger partial charge < -0.3 is 10.0 Å². The van der Waals surface area contributed by atoms with E-state index >= 15 is 0 Å². The first-order chi connectivity index (χ1) is 11.9. The van der Waals surface area contributed by atoms with Crippen molar-refractivity contribution in [2.75, 3.05) is 13.6 Å². The van der Waals surface area contributed by atoms with E-state index in [1.807, 2.05) is 12.1 Å². The Labute approximate surface area is 151 Å². The highest BCUT2D eigenvalue weighted by atomic mass is 16.3. The normalized spacial score (nSPS) is 38.0. The Kier molecular flexibility index (Phi) is 4.18. The van der Waals surface area contributed by atoms with Gasteiger partial charge in [-0.1, -0.05) is 6.07 Å². The monoisotopic (exact) mass is 341 g/mol. The molecular weight excluding hydrogens is 310 g/mol. The summed E-state index contributed by atoms with van der Waals surface area (Å²) in [6.07, 6.45) is 6.26. The second-order valence-corrected chi connectivity index (χ2v) is 8.90. The van der Waals surface area contributed by atoms with Crippen LogP contribution >= 0.6 is 0 Å². The van der Waals surface area contributed by atoms with Gasteiger partial charge in [-0.05, 0) is 93.5 Å². The van der Waals surface area contributed by atoms with Crippen molar-refractivity contribution in [2.24, 2.45) is 23.2 Å². The zero-order chi connectivity index (χ0) is 17.8. The maximum absolute atomic E-state index is 12.8. The lowest BCUT2D eigenvalue weighted by Crippen LogP contribution is -2.44. The van der Waals surface area contributed by atoms with E-state index in [4.69, 9.17) is 0 Å². The molecule has 2 saturated carbocycles. The van der Waals surface area contributed by atoms with E-state index in [0.29, 0.717) is 28.9 Å². The maximum atomic E-state index is 12.8. The van der Waals surface area contributed by atoms with Crippen molar-refractivity contribution in [3.05, 3.63) is 29.3 Å². The van der Waals surface area contributed by atoms with Crippen LogP contribution in [0.4, 0.5) is 0 Å². The van der Waals surface area contributed by atoms with Crippen LogP contribution in [-0.2, 0) is 11.2 Å². The zero-order valence-electron chi connectivity index (χ0n) is 15.8. The molecule has 1 spiro atoms. The minimum atomic E-state index is 0.221. The quantitative estimate of drug-likeness (QED) is 0.905. The minimum absolute atomic E-state index is 0.221. The summed E-state index contributed by atoms with van der Waals surface area (Å²) in [4.78, 5) is 15.3. The molecule has 136 valence electrons. The first-order valence-electron chi connectivity index (χ1n) is 9.94. The minimum Gasteiger partial charge on any atom is -0.508 e. The molecule has 0 amide bonds. The number of Topliss-reactive ketones (excluding diaryl/α,β-unsaturated/α-hetero) is 1. The van der Waals surface area contributed by atoms with Crippen molar-refractivity contribution in [3.63, 3.8) is 0 Å². The molecule has 3 fully saturated rings. The second-order valence-electron chi connectivity index (χ2n) is 8.90. The SMILES string of the molecule is Cc1ccc(O)cc1CC[C@@H]1C(=O)CC[C@]23CN(C)[C@@H](C)[C@H]2CC[C@@H]13. The molecule has 5 atom stereocenters. The van der Waals surface area contributed by atoms with Gasteiger partial charge in [-0.2, -0.15) is 0 Å². The molecule has 1 N–H and O–H groups in total. The van der Waals surface area contributed by atoms with Crippen molar-refractivity contribution in [1.29, 1.82) is 0 Å². The van der Waals surface area contributed by atoms with Gasteiger partial charge in [0.15, 0.2) is 0 Å². The summed E-state index contributed by atoms with van der Waals surface area (Å²) in [6.45, 7) is 5.65. The smallest absolute Gasteiger partial charge is 0.136 e. The van der Waals surface area contributed by atoms with Gasteiger partial charge in [-0.3, -0.25) is 4.79 Å². The molecule has 1 aromatic rings. The number of phenolic OH excluding ortho intramolecular Hbond substituents is 1. The number of benzene rings is 1. The van der Waals surface area contributed by atoms with E-state index in [2.05, 4.69) is 25.8 Å². The Morgan fingerprint density at radius 1 is 1.28 bits per heavy atom. The Morgan fingerprint density at radius 3 is 2.84 bits per heavy atom. The van der Waals surface area contributed by atoms with Crippen molar-refractivity contribution in [1.82, 2.24) is 4.90 Å². The highest BCUT2D eigenvalue weighted by molar-refractivity contribution is 5.82. The first-order valence-corrected chi connectivity index (χ1v) is 9.94. The summed E-state index contributed by atoms with van der Waals surface area (Å²) in [7, 11) is 2.26. The first kappa shape index (κ1) is 17.1. The van der Waals surface area contributed by atoms with Crippen molar-refractivity contribution in [3.8, 4) is 5.75 Å². The Bertz CT molecular complexity index is 685. The molecule has 0 aromatic heterocycles. The lowest BCUT2D eigenvalue weighted by Gasteiger charge is -2.44. The average molecular weight is 341 g/mol. The van der Waals surface area contributed by atoms with E-state index < -0.39 is 0 Å². The van der Waals surface area contributed by atoms with E-state index in [1.54, 1.807) is 6.07 Å². The third-order valence-electron chi connectivity index (χ3n) is 7.88. The van der Waals surface area contributed by atoms with Gasteiger partial charge in [0.05, 0.1) is 0 Å². The molecule has 4 rings (SSSR count). The van der Waals surface area contributed by atoms with Crippen LogP contribution < -0.4 is 0 Å². The number of rotatable bonds is 3. The fraction of sp³-hybridized carbons (Fsp3) is 0.682. The van der Waals surface area contributed by atoms with Crippen LogP contribution in [0.1, 0.15) is 50.2 Å².